The van der Waals surface area contributed by atoms with Crippen LogP contribution in [0.1, 0.15) is 56.2 Å². The number of nitrogens with zero attached hydrogens (tertiary/aromatic N) is 3. The first kappa shape index (κ1) is 20.2. The van der Waals surface area contributed by atoms with Crippen molar-refractivity contribution >= 4 is 17.3 Å². The lowest BCUT2D eigenvalue weighted by atomic mass is 10.0. The summed E-state index contributed by atoms with van der Waals surface area (Å²) in [6.45, 7) is 8.67. The minimum Gasteiger partial charge on any atom is -0.356 e. The van der Waals surface area contributed by atoms with Crippen LogP contribution in [0.5, 0.6) is 0 Å². The second kappa shape index (κ2) is 11.5. The lowest BCUT2D eigenvalue weighted by Gasteiger charge is -2.35. The van der Waals surface area contributed by atoms with E-state index in [-0.39, 0.29) is 0 Å². The molecule has 142 valence electrons. The zero-order valence-electron chi connectivity index (χ0n) is 16.2. The van der Waals surface area contributed by atoms with E-state index in [0.29, 0.717) is 0 Å². The van der Waals surface area contributed by atoms with E-state index >= 15 is 0 Å². The third-order valence-electron chi connectivity index (χ3n) is 4.91. The van der Waals surface area contributed by atoms with Crippen LogP contribution in [0, 0.1) is 6.92 Å². The van der Waals surface area contributed by atoms with E-state index in [0.717, 1.165) is 50.2 Å². The van der Waals surface area contributed by atoms with Crippen LogP contribution in [0.15, 0.2) is 10.4 Å². The number of rotatable bonds is 9. The Morgan fingerprint density at radius 1 is 1.32 bits per heavy atom. The van der Waals surface area contributed by atoms with Gasteiger partial charge in [-0.05, 0) is 52.0 Å². The average molecular weight is 366 g/mol. The van der Waals surface area contributed by atoms with Crippen LogP contribution >= 0.6 is 11.3 Å². The molecule has 5 nitrogen and oxygen atoms in total. The Labute approximate surface area is 157 Å². The van der Waals surface area contributed by atoms with E-state index in [9.17, 15) is 0 Å². The standard InChI is InChI=1S/C19H35N5S/c1-4-17-9-6-8-13-24(17)14-12-22-19(20-3)21-11-7-5-10-18-23-16(2)15-25-18/h15,17H,4-14H2,1-3H3,(H2,20,21,22). The highest BCUT2D eigenvalue weighted by molar-refractivity contribution is 7.09. The summed E-state index contributed by atoms with van der Waals surface area (Å²) < 4.78 is 0. The number of aromatic nitrogens is 1. The molecule has 1 aliphatic rings. The van der Waals surface area contributed by atoms with Crippen molar-refractivity contribution in [3.05, 3.63) is 16.1 Å². The number of hydrogen-bond acceptors (Lipinski definition) is 4. The number of nitrogens with one attached hydrogen (secondary N) is 2. The van der Waals surface area contributed by atoms with Gasteiger partial charge < -0.3 is 10.6 Å². The van der Waals surface area contributed by atoms with Crippen molar-refractivity contribution in [3.63, 3.8) is 0 Å². The van der Waals surface area contributed by atoms with Gasteiger partial charge in [0.2, 0.25) is 0 Å². The Bertz CT molecular complexity index is 514. The molecule has 0 saturated carbocycles. The molecule has 1 aromatic heterocycles. The molecule has 0 bridgehead atoms. The van der Waals surface area contributed by atoms with Crippen molar-refractivity contribution in [1.29, 1.82) is 0 Å². The Balaban J connectivity index is 1.55. The van der Waals surface area contributed by atoms with Crippen molar-refractivity contribution in [2.24, 2.45) is 4.99 Å². The third-order valence-corrected chi connectivity index (χ3v) is 5.94. The van der Waals surface area contributed by atoms with E-state index in [2.05, 4.69) is 44.7 Å². The molecular weight excluding hydrogens is 330 g/mol. The minimum atomic E-state index is 0.778. The predicted molar refractivity (Wildman–Crippen MR) is 109 cm³/mol. The van der Waals surface area contributed by atoms with Gasteiger partial charge in [0.15, 0.2) is 5.96 Å². The Hall–Kier alpha value is -1.14. The van der Waals surface area contributed by atoms with Crippen LogP contribution < -0.4 is 10.6 Å². The number of aliphatic imine (C=N–C) groups is 1. The monoisotopic (exact) mass is 365 g/mol. The first-order chi connectivity index (χ1) is 12.2. The Kier molecular flexibility index (Phi) is 9.26. The van der Waals surface area contributed by atoms with Gasteiger partial charge >= 0.3 is 0 Å². The summed E-state index contributed by atoms with van der Waals surface area (Å²) in [7, 11) is 1.85. The van der Waals surface area contributed by atoms with Crippen LogP contribution in [0.2, 0.25) is 0 Å². The lowest BCUT2D eigenvalue weighted by molar-refractivity contribution is 0.147. The quantitative estimate of drug-likeness (QED) is 0.401. The van der Waals surface area contributed by atoms with Gasteiger partial charge in [-0.25, -0.2) is 4.98 Å². The smallest absolute Gasteiger partial charge is 0.191 e. The highest BCUT2D eigenvalue weighted by Gasteiger charge is 2.19. The van der Waals surface area contributed by atoms with Crippen molar-refractivity contribution in [3.8, 4) is 0 Å². The fourth-order valence-electron chi connectivity index (χ4n) is 3.48. The zero-order valence-corrected chi connectivity index (χ0v) is 17.0. The minimum absolute atomic E-state index is 0.778. The number of thiazole rings is 1. The van der Waals surface area contributed by atoms with E-state index in [1.807, 2.05) is 7.05 Å². The number of hydrogen-bond donors (Lipinski definition) is 2. The van der Waals surface area contributed by atoms with Gasteiger partial charge in [-0.3, -0.25) is 9.89 Å². The van der Waals surface area contributed by atoms with Gasteiger partial charge in [0, 0.05) is 43.8 Å². The van der Waals surface area contributed by atoms with Crippen LogP contribution in [0.3, 0.4) is 0 Å². The maximum absolute atomic E-state index is 4.51. The average Bonchev–Trinajstić information content (AvgIpc) is 3.05. The fourth-order valence-corrected chi connectivity index (χ4v) is 4.30. The second-order valence-corrected chi connectivity index (χ2v) is 7.80. The summed E-state index contributed by atoms with van der Waals surface area (Å²) in [6, 6.07) is 0.778. The maximum atomic E-state index is 4.51. The molecule has 2 N–H and O–H groups in total. The van der Waals surface area contributed by atoms with E-state index < -0.39 is 0 Å². The van der Waals surface area contributed by atoms with Crippen molar-refractivity contribution < 1.29 is 0 Å². The third kappa shape index (κ3) is 7.32. The van der Waals surface area contributed by atoms with E-state index in [1.54, 1.807) is 11.3 Å². The van der Waals surface area contributed by atoms with Crippen LogP contribution in [-0.4, -0.2) is 55.1 Å². The summed E-state index contributed by atoms with van der Waals surface area (Å²) in [4.78, 5) is 11.5. The summed E-state index contributed by atoms with van der Waals surface area (Å²) in [6.07, 6.45) is 8.77. The number of likely N-dealkylation sites (tertiary alicyclic amines) is 1. The van der Waals surface area contributed by atoms with Crippen LogP contribution in [0.25, 0.3) is 0 Å². The number of piperidine rings is 1. The SMILES string of the molecule is CCC1CCCCN1CCNC(=NC)NCCCCc1nc(C)cs1. The van der Waals surface area contributed by atoms with Gasteiger partial charge in [0.25, 0.3) is 0 Å². The number of guanidine groups is 1. The van der Waals surface area contributed by atoms with Gasteiger partial charge in [-0.15, -0.1) is 11.3 Å². The van der Waals surface area contributed by atoms with E-state index in [4.69, 9.17) is 0 Å². The summed E-state index contributed by atoms with van der Waals surface area (Å²) in [5, 5.41) is 10.3. The molecule has 2 rings (SSSR count). The molecule has 2 heterocycles. The summed E-state index contributed by atoms with van der Waals surface area (Å²) in [5.41, 5.74) is 1.14. The summed E-state index contributed by atoms with van der Waals surface area (Å²) in [5.74, 6) is 0.926. The summed E-state index contributed by atoms with van der Waals surface area (Å²) >= 11 is 1.77. The molecule has 6 heteroatoms. The van der Waals surface area contributed by atoms with Gasteiger partial charge in [0.05, 0.1) is 5.01 Å². The number of aryl methyl sites for hydroxylation is 2. The molecule has 1 unspecified atom stereocenters. The largest absolute Gasteiger partial charge is 0.356 e. The fraction of sp³-hybridized carbons (Fsp3) is 0.789. The van der Waals surface area contributed by atoms with Crippen molar-refractivity contribution in [1.82, 2.24) is 20.5 Å². The zero-order chi connectivity index (χ0) is 17.9. The molecule has 0 amide bonds. The van der Waals surface area contributed by atoms with Gasteiger partial charge in [-0.2, -0.15) is 0 Å². The molecule has 25 heavy (non-hydrogen) atoms. The van der Waals surface area contributed by atoms with Crippen LogP contribution in [-0.2, 0) is 6.42 Å². The molecular formula is C19H35N5S. The second-order valence-electron chi connectivity index (χ2n) is 6.86. The Morgan fingerprint density at radius 2 is 2.16 bits per heavy atom. The molecule has 0 aliphatic carbocycles. The number of unbranched alkanes of at least 4 members (excludes halogenated alkanes) is 1. The predicted octanol–water partition coefficient (Wildman–Crippen LogP) is 3.20. The molecule has 0 aromatic carbocycles. The molecule has 1 fully saturated rings. The first-order valence-electron chi connectivity index (χ1n) is 9.82. The highest BCUT2D eigenvalue weighted by Crippen LogP contribution is 2.18. The van der Waals surface area contributed by atoms with Crippen LogP contribution in [0.4, 0.5) is 0 Å². The molecule has 0 radical (unpaired) electrons. The topological polar surface area (TPSA) is 52.5 Å². The van der Waals surface area contributed by atoms with E-state index in [1.165, 1.54) is 43.7 Å². The highest BCUT2D eigenvalue weighted by atomic mass is 32.1. The van der Waals surface area contributed by atoms with Gasteiger partial charge in [-0.1, -0.05) is 13.3 Å². The first-order valence-corrected chi connectivity index (χ1v) is 10.7. The molecule has 0 spiro atoms. The van der Waals surface area contributed by atoms with Crippen molar-refractivity contribution in [2.45, 2.75) is 64.8 Å². The maximum Gasteiger partial charge on any atom is 0.191 e. The molecule has 1 saturated heterocycles. The lowest BCUT2D eigenvalue weighted by Crippen LogP contribution is -2.46. The van der Waals surface area contributed by atoms with Gasteiger partial charge in [0.1, 0.15) is 0 Å². The normalized spacial score (nSPS) is 19.2. The van der Waals surface area contributed by atoms with Crippen molar-refractivity contribution in [2.75, 3.05) is 33.2 Å². The molecule has 1 atom stereocenters. The molecule has 1 aliphatic heterocycles. The molecule has 1 aromatic rings. The Morgan fingerprint density at radius 3 is 2.88 bits per heavy atom.